The molecule has 0 unspecified atom stereocenters. The highest BCUT2D eigenvalue weighted by molar-refractivity contribution is 5.44. The minimum Gasteiger partial charge on any atom is -0.384 e. The van der Waals surface area contributed by atoms with Crippen molar-refractivity contribution in [2.75, 3.05) is 42.2 Å². The Morgan fingerprint density at radius 2 is 2.29 bits per heavy atom. The predicted molar refractivity (Wildman–Crippen MR) is 91.0 cm³/mol. The van der Waals surface area contributed by atoms with Gasteiger partial charge in [-0.05, 0) is 6.42 Å². The predicted octanol–water partition coefficient (Wildman–Crippen LogP) is -0.140. The van der Waals surface area contributed by atoms with Gasteiger partial charge in [0.1, 0.15) is 18.0 Å². The minimum absolute atomic E-state index is 0.0782. The maximum absolute atomic E-state index is 11.7. The molecule has 9 nitrogen and oxygen atoms in total. The summed E-state index contributed by atoms with van der Waals surface area (Å²) in [5.74, 6) is 1.14. The molecule has 1 saturated heterocycles. The molecule has 0 bridgehead atoms. The van der Waals surface area contributed by atoms with Crippen LogP contribution in [0.25, 0.3) is 0 Å². The molecule has 128 valence electrons. The molecule has 2 aromatic heterocycles. The Labute approximate surface area is 139 Å². The zero-order valence-electron chi connectivity index (χ0n) is 13.6. The fourth-order valence-electron chi connectivity index (χ4n) is 2.59. The lowest BCUT2D eigenvalue weighted by atomic mass is 10.2. The van der Waals surface area contributed by atoms with Crippen molar-refractivity contribution < 1.29 is 4.74 Å². The van der Waals surface area contributed by atoms with E-state index in [1.165, 1.54) is 11.0 Å². The molecule has 0 aliphatic carbocycles. The van der Waals surface area contributed by atoms with E-state index in [1.54, 1.807) is 25.4 Å². The lowest BCUT2D eigenvalue weighted by Gasteiger charge is -2.34. The van der Waals surface area contributed by atoms with Crippen LogP contribution in [-0.2, 0) is 11.8 Å². The number of nitrogens with two attached hydrogens (primary N) is 1. The monoisotopic (exact) mass is 331 g/mol. The van der Waals surface area contributed by atoms with Gasteiger partial charge in [-0.1, -0.05) is 0 Å². The van der Waals surface area contributed by atoms with E-state index in [0.717, 1.165) is 25.2 Å². The summed E-state index contributed by atoms with van der Waals surface area (Å²) in [6.45, 7) is 2.81. The van der Waals surface area contributed by atoms with Gasteiger partial charge in [-0.25, -0.2) is 14.6 Å². The number of morpholine rings is 1. The van der Waals surface area contributed by atoms with E-state index >= 15 is 0 Å². The van der Waals surface area contributed by atoms with Crippen molar-refractivity contribution >= 4 is 17.3 Å². The van der Waals surface area contributed by atoms with Crippen molar-refractivity contribution in [2.45, 2.75) is 12.5 Å². The fourth-order valence-corrected chi connectivity index (χ4v) is 2.59. The van der Waals surface area contributed by atoms with Gasteiger partial charge in [0, 0.05) is 38.8 Å². The van der Waals surface area contributed by atoms with Crippen molar-refractivity contribution in [3.8, 4) is 0 Å². The van der Waals surface area contributed by atoms with Crippen LogP contribution in [0.4, 0.5) is 17.3 Å². The van der Waals surface area contributed by atoms with E-state index in [2.05, 4.69) is 25.3 Å². The number of nitrogen functional groups attached to an aromatic ring is 1. The highest BCUT2D eigenvalue weighted by atomic mass is 16.5. The first-order chi connectivity index (χ1) is 11.6. The molecule has 0 radical (unpaired) electrons. The van der Waals surface area contributed by atoms with Crippen molar-refractivity contribution in [2.24, 2.45) is 7.05 Å². The van der Waals surface area contributed by atoms with Gasteiger partial charge in [-0.15, -0.1) is 0 Å². The molecular formula is C15H21N7O2. The molecule has 1 aliphatic heterocycles. The van der Waals surface area contributed by atoms with E-state index in [1.807, 2.05) is 0 Å². The Morgan fingerprint density at radius 1 is 1.42 bits per heavy atom. The van der Waals surface area contributed by atoms with Crippen LogP contribution in [0.3, 0.4) is 0 Å². The Balaban J connectivity index is 1.53. The Morgan fingerprint density at radius 3 is 3.08 bits per heavy atom. The Bertz CT molecular complexity index is 749. The number of aryl methyl sites for hydroxylation is 1. The fraction of sp³-hybridized carbons (Fsp3) is 0.467. The van der Waals surface area contributed by atoms with E-state index in [0.29, 0.717) is 24.8 Å². The van der Waals surface area contributed by atoms with Crippen LogP contribution in [-0.4, -0.2) is 52.1 Å². The quantitative estimate of drug-likeness (QED) is 0.779. The van der Waals surface area contributed by atoms with Crippen molar-refractivity contribution in [1.29, 1.82) is 0 Å². The van der Waals surface area contributed by atoms with Crippen molar-refractivity contribution in [3.05, 3.63) is 35.0 Å². The summed E-state index contributed by atoms with van der Waals surface area (Å²) in [5.41, 5.74) is 6.35. The third kappa shape index (κ3) is 3.99. The standard InChI is InChI=1S/C15H21N7O2/c1-21-15(23)6-11(8-20-21)22-4-5-24-12(9-22)2-3-17-14-7-13(16)18-10-19-14/h6-8,10,12H,2-5,9H2,1H3,(H3,16,17,18,19)/t12-/m0/s1. The summed E-state index contributed by atoms with van der Waals surface area (Å²) in [4.78, 5) is 21.8. The third-order valence-corrected chi connectivity index (χ3v) is 3.92. The first kappa shape index (κ1) is 16.2. The van der Waals surface area contributed by atoms with Crippen LogP contribution in [0.2, 0.25) is 0 Å². The lowest BCUT2D eigenvalue weighted by Crippen LogP contribution is -2.43. The van der Waals surface area contributed by atoms with Gasteiger partial charge in [-0.2, -0.15) is 5.10 Å². The largest absolute Gasteiger partial charge is 0.384 e. The van der Waals surface area contributed by atoms with E-state index in [4.69, 9.17) is 10.5 Å². The molecule has 0 spiro atoms. The number of rotatable bonds is 5. The molecule has 0 amide bonds. The number of nitrogens with one attached hydrogen (secondary N) is 1. The Hall–Kier alpha value is -2.68. The number of aromatic nitrogens is 4. The summed E-state index contributed by atoms with van der Waals surface area (Å²) in [6.07, 6.45) is 4.04. The SMILES string of the molecule is Cn1ncc(N2CCO[C@@H](CCNc3cc(N)ncn3)C2)cc1=O. The number of hydrogen-bond donors (Lipinski definition) is 2. The average Bonchev–Trinajstić information content (AvgIpc) is 2.58. The van der Waals surface area contributed by atoms with E-state index < -0.39 is 0 Å². The van der Waals surface area contributed by atoms with Crippen LogP contribution in [0.5, 0.6) is 0 Å². The summed E-state index contributed by atoms with van der Waals surface area (Å²) in [7, 11) is 1.64. The summed E-state index contributed by atoms with van der Waals surface area (Å²) in [5, 5.41) is 7.28. The van der Waals surface area contributed by atoms with Crippen LogP contribution in [0.15, 0.2) is 29.5 Å². The molecule has 9 heteroatoms. The van der Waals surface area contributed by atoms with Gasteiger partial charge in [0.2, 0.25) is 0 Å². The lowest BCUT2D eigenvalue weighted by molar-refractivity contribution is 0.0374. The molecule has 0 aromatic carbocycles. The van der Waals surface area contributed by atoms with Crippen LogP contribution in [0, 0.1) is 0 Å². The van der Waals surface area contributed by atoms with E-state index in [9.17, 15) is 4.79 Å². The molecule has 24 heavy (non-hydrogen) atoms. The smallest absolute Gasteiger partial charge is 0.268 e. The molecule has 3 heterocycles. The highest BCUT2D eigenvalue weighted by Crippen LogP contribution is 2.16. The number of nitrogens with zero attached hydrogens (tertiary/aromatic N) is 5. The van der Waals surface area contributed by atoms with Crippen LogP contribution >= 0.6 is 0 Å². The van der Waals surface area contributed by atoms with Crippen LogP contribution < -0.4 is 21.5 Å². The van der Waals surface area contributed by atoms with Gasteiger partial charge < -0.3 is 20.7 Å². The molecule has 1 atom stereocenters. The molecule has 1 aliphatic rings. The molecule has 3 N–H and O–H groups in total. The van der Waals surface area contributed by atoms with Crippen molar-refractivity contribution in [1.82, 2.24) is 19.7 Å². The number of hydrogen-bond acceptors (Lipinski definition) is 8. The molecule has 3 rings (SSSR count). The topological polar surface area (TPSA) is 111 Å². The molecule has 0 saturated carbocycles. The second kappa shape index (κ2) is 7.26. The van der Waals surface area contributed by atoms with Gasteiger partial charge in [0.25, 0.3) is 5.56 Å². The third-order valence-electron chi connectivity index (χ3n) is 3.92. The summed E-state index contributed by atoms with van der Waals surface area (Å²) in [6, 6.07) is 3.30. The average molecular weight is 331 g/mol. The normalized spacial score (nSPS) is 17.7. The Kier molecular flexibility index (Phi) is 4.90. The van der Waals surface area contributed by atoms with Crippen LogP contribution in [0.1, 0.15) is 6.42 Å². The van der Waals surface area contributed by atoms with Gasteiger partial charge >= 0.3 is 0 Å². The maximum Gasteiger partial charge on any atom is 0.268 e. The van der Waals surface area contributed by atoms with Gasteiger partial charge in [-0.3, -0.25) is 4.79 Å². The van der Waals surface area contributed by atoms with E-state index in [-0.39, 0.29) is 11.7 Å². The zero-order chi connectivity index (χ0) is 16.9. The minimum atomic E-state index is -0.112. The molecule has 1 fully saturated rings. The number of anilines is 3. The summed E-state index contributed by atoms with van der Waals surface area (Å²) >= 11 is 0. The number of ether oxygens (including phenoxy) is 1. The highest BCUT2D eigenvalue weighted by Gasteiger charge is 2.21. The molecular weight excluding hydrogens is 310 g/mol. The van der Waals surface area contributed by atoms with Crippen molar-refractivity contribution in [3.63, 3.8) is 0 Å². The first-order valence-electron chi connectivity index (χ1n) is 7.83. The summed E-state index contributed by atoms with van der Waals surface area (Å²) < 4.78 is 7.12. The maximum atomic E-state index is 11.7. The second-order valence-electron chi connectivity index (χ2n) is 5.66. The van der Waals surface area contributed by atoms with Gasteiger partial charge in [0.15, 0.2) is 0 Å². The van der Waals surface area contributed by atoms with Gasteiger partial charge in [0.05, 0.1) is 24.6 Å². The first-order valence-corrected chi connectivity index (χ1v) is 7.83. The molecule has 2 aromatic rings. The zero-order valence-corrected chi connectivity index (χ0v) is 13.6. The second-order valence-corrected chi connectivity index (χ2v) is 5.66.